The van der Waals surface area contributed by atoms with Gasteiger partial charge in [0.2, 0.25) is 5.91 Å². The van der Waals surface area contributed by atoms with Crippen molar-refractivity contribution in [2.75, 3.05) is 13.1 Å². The van der Waals surface area contributed by atoms with E-state index in [0.29, 0.717) is 36.2 Å². The monoisotopic (exact) mass is 387 g/mol. The average molecular weight is 387 g/mol. The van der Waals surface area contributed by atoms with Crippen LogP contribution in [0, 0.1) is 11.6 Å². The van der Waals surface area contributed by atoms with Crippen LogP contribution in [0.25, 0.3) is 11.1 Å². The lowest BCUT2D eigenvalue weighted by Gasteiger charge is -2.33. The predicted octanol–water partition coefficient (Wildman–Crippen LogP) is 4.40. The Kier molecular flexibility index (Phi) is 5.48. The molecule has 0 bridgehead atoms. The van der Waals surface area contributed by atoms with Crippen LogP contribution in [-0.4, -0.2) is 40.3 Å². The maximum atomic E-state index is 13.5. The summed E-state index contributed by atoms with van der Waals surface area (Å²) in [6.07, 6.45) is -3.24. The van der Waals surface area contributed by atoms with Crippen molar-refractivity contribution in [3.8, 4) is 11.1 Å². The molecule has 1 atom stereocenters. The highest BCUT2D eigenvalue weighted by Gasteiger charge is 2.32. The number of nitrogens with one attached hydrogen (secondary N) is 1. The number of benzene rings is 1. The first kappa shape index (κ1) is 19.3. The van der Waals surface area contributed by atoms with E-state index < -0.39 is 36.6 Å². The Morgan fingerprint density at radius 1 is 1.26 bits per heavy atom. The lowest BCUT2D eigenvalue weighted by molar-refractivity contribution is -0.149. The van der Waals surface area contributed by atoms with Gasteiger partial charge < -0.3 is 4.90 Å². The van der Waals surface area contributed by atoms with Crippen LogP contribution in [0.5, 0.6) is 0 Å². The van der Waals surface area contributed by atoms with E-state index in [2.05, 4.69) is 10.2 Å². The van der Waals surface area contributed by atoms with Crippen LogP contribution < -0.4 is 0 Å². The summed E-state index contributed by atoms with van der Waals surface area (Å²) >= 11 is 0. The van der Waals surface area contributed by atoms with Crippen molar-refractivity contribution >= 4 is 5.91 Å². The molecule has 0 spiro atoms. The van der Waals surface area contributed by atoms with Gasteiger partial charge in [0.1, 0.15) is 0 Å². The quantitative estimate of drug-likeness (QED) is 0.791. The number of aromatic nitrogens is 2. The van der Waals surface area contributed by atoms with Crippen LogP contribution in [0.2, 0.25) is 0 Å². The molecule has 0 aliphatic carbocycles. The Morgan fingerprint density at radius 2 is 2.04 bits per heavy atom. The second-order valence-electron chi connectivity index (χ2n) is 6.62. The van der Waals surface area contributed by atoms with Crippen LogP contribution in [0.4, 0.5) is 22.0 Å². The van der Waals surface area contributed by atoms with Gasteiger partial charge >= 0.3 is 6.18 Å². The number of alkyl halides is 3. The molecule has 1 aromatic carbocycles. The molecule has 0 unspecified atom stereocenters. The van der Waals surface area contributed by atoms with Gasteiger partial charge in [-0.3, -0.25) is 9.89 Å². The summed E-state index contributed by atoms with van der Waals surface area (Å²) in [4.78, 5) is 13.5. The molecule has 1 saturated heterocycles. The molecule has 1 amide bonds. The zero-order chi connectivity index (χ0) is 19.6. The van der Waals surface area contributed by atoms with Crippen molar-refractivity contribution in [1.82, 2.24) is 15.1 Å². The van der Waals surface area contributed by atoms with Crippen molar-refractivity contribution in [3.05, 3.63) is 41.7 Å². The first-order chi connectivity index (χ1) is 12.7. The van der Waals surface area contributed by atoms with Gasteiger partial charge in [0, 0.05) is 36.7 Å². The Labute approximate surface area is 152 Å². The lowest BCUT2D eigenvalue weighted by atomic mass is 9.90. The standard InChI is InChI=1S/C18H18F5N3O/c19-14-4-3-11(8-15(14)20)13-9-24-25-17(13)12-2-1-7-26(10-12)16(27)5-6-18(21,22)23/h3-4,8-9,12H,1-2,5-7,10H2,(H,24,25)/t12-/m1/s1. The van der Waals surface area contributed by atoms with Crippen LogP contribution >= 0.6 is 0 Å². The van der Waals surface area contributed by atoms with Crippen LogP contribution in [0.3, 0.4) is 0 Å². The van der Waals surface area contributed by atoms with Gasteiger partial charge in [-0.2, -0.15) is 18.3 Å². The van der Waals surface area contributed by atoms with Crippen molar-refractivity contribution in [2.24, 2.45) is 0 Å². The van der Waals surface area contributed by atoms with Gasteiger partial charge in [-0.25, -0.2) is 8.78 Å². The fourth-order valence-electron chi connectivity index (χ4n) is 3.35. The number of carbonyl (C=O) groups is 1. The molecule has 4 nitrogen and oxygen atoms in total. The predicted molar refractivity (Wildman–Crippen MR) is 87.8 cm³/mol. The Hall–Kier alpha value is -2.45. The summed E-state index contributed by atoms with van der Waals surface area (Å²) < 4.78 is 63.7. The topological polar surface area (TPSA) is 49.0 Å². The van der Waals surface area contributed by atoms with E-state index in [1.54, 1.807) is 0 Å². The number of aromatic amines is 1. The van der Waals surface area contributed by atoms with Crippen LogP contribution in [0.15, 0.2) is 24.4 Å². The van der Waals surface area contributed by atoms with E-state index in [1.165, 1.54) is 17.2 Å². The van der Waals surface area contributed by atoms with E-state index in [0.717, 1.165) is 12.1 Å². The first-order valence-corrected chi connectivity index (χ1v) is 8.58. The van der Waals surface area contributed by atoms with Crippen molar-refractivity contribution in [3.63, 3.8) is 0 Å². The third kappa shape index (κ3) is 4.64. The van der Waals surface area contributed by atoms with Crippen molar-refractivity contribution in [1.29, 1.82) is 0 Å². The summed E-state index contributed by atoms with van der Waals surface area (Å²) in [6.45, 7) is 0.664. The largest absolute Gasteiger partial charge is 0.389 e. The van der Waals surface area contributed by atoms with Gasteiger partial charge in [0.15, 0.2) is 11.6 Å². The van der Waals surface area contributed by atoms with E-state index in [9.17, 15) is 26.7 Å². The number of H-pyrrole nitrogens is 1. The highest BCUT2D eigenvalue weighted by molar-refractivity contribution is 5.76. The molecule has 27 heavy (non-hydrogen) atoms. The molecule has 2 aromatic rings. The molecular formula is C18H18F5N3O. The number of piperidine rings is 1. The highest BCUT2D eigenvalue weighted by atomic mass is 19.4. The van der Waals surface area contributed by atoms with E-state index in [1.807, 2.05) is 0 Å². The molecule has 1 fully saturated rings. The molecular weight excluding hydrogens is 369 g/mol. The number of halogens is 5. The van der Waals surface area contributed by atoms with Gasteiger partial charge in [0.25, 0.3) is 0 Å². The Morgan fingerprint density at radius 3 is 2.74 bits per heavy atom. The number of rotatable bonds is 4. The number of carbonyl (C=O) groups excluding carboxylic acids is 1. The molecule has 3 rings (SSSR count). The highest BCUT2D eigenvalue weighted by Crippen LogP contribution is 2.34. The Bertz CT molecular complexity index is 818. The second-order valence-corrected chi connectivity index (χ2v) is 6.62. The van der Waals surface area contributed by atoms with Crippen LogP contribution in [-0.2, 0) is 4.79 Å². The molecule has 1 aromatic heterocycles. The normalized spacial score (nSPS) is 18.0. The first-order valence-electron chi connectivity index (χ1n) is 8.58. The Balaban J connectivity index is 1.75. The molecule has 1 aliphatic heterocycles. The zero-order valence-electron chi connectivity index (χ0n) is 14.3. The molecule has 1 aliphatic rings. The molecule has 146 valence electrons. The molecule has 2 heterocycles. The zero-order valence-corrected chi connectivity index (χ0v) is 14.3. The summed E-state index contributed by atoms with van der Waals surface area (Å²) in [5.74, 6) is -2.64. The minimum Gasteiger partial charge on any atom is -0.342 e. The number of likely N-dealkylation sites (tertiary alicyclic amines) is 1. The number of nitrogens with zero attached hydrogens (tertiary/aromatic N) is 2. The summed E-state index contributed by atoms with van der Waals surface area (Å²) in [5, 5.41) is 6.81. The summed E-state index contributed by atoms with van der Waals surface area (Å²) in [7, 11) is 0. The minimum absolute atomic E-state index is 0.167. The number of hydrogen-bond donors (Lipinski definition) is 1. The molecule has 0 radical (unpaired) electrons. The maximum absolute atomic E-state index is 13.5. The van der Waals surface area contributed by atoms with Crippen LogP contribution in [0.1, 0.15) is 37.3 Å². The van der Waals surface area contributed by atoms with Gasteiger partial charge in [0.05, 0.1) is 12.6 Å². The SMILES string of the molecule is O=C(CCC(F)(F)F)N1CCC[C@@H](c2[nH]ncc2-c2ccc(F)c(F)c2)C1. The summed E-state index contributed by atoms with van der Waals surface area (Å²) in [6, 6.07) is 3.52. The summed E-state index contributed by atoms with van der Waals surface area (Å²) in [5.41, 5.74) is 1.69. The molecule has 1 N–H and O–H groups in total. The van der Waals surface area contributed by atoms with Crippen molar-refractivity contribution in [2.45, 2.75) is 37.8 Å². The molecule has 0 saturated carbocycles. The van der Waals surface area contributed by atoms with E-state index >= 15 is 0 Å². The minimum atomic E-state index is -4.37. The third-order valence-corrected chi connectivity index (χ3v) is 4.70. The maximum Gasteiger partial charge on any atom is 0.389 e. The number of amides is 1. The van der Waals surface area contributed by atoms with Gasteiger partial charge in [-0.1, -0.05) is 6.07 Å². The fraction of sp³-hybridized carbons (Fsp3) is 0.444. The lowest BCUT2D eigenvalue weighted by Crippen LogP contribution is -2.39. The van der Waals surface area contributed by atoms with E-state index in [-0.39, 0.29) is 12.5 Å². The fourth-order valence-corrected chi connectivity index (χ4v) is 3.35. The smallest absolute Gasteiger partial charge is 0.342 e. The third-order valence-electron chi connectivity index (χ3n) is 4.70. The molecule has 9 heteroatoms. The van der Waals surface area contributed by atoms with E-state index in [4.69, 9.17) is 0 Å². The second kappa shape index (κ2) is 7.66. The van der Waals surface area contributed by atoms with Gasteiger partial charge in [-0.05, 0) is 30.5 Å². The van der Waals surface area contributed by atoms with Crippen molar-refractivity contribution < 1.29 is 26.7 Å². The number of hydrogen-bond acceptors (Lipinski definition) is 2. The van der Waals surface area contributed by atoms with Gasteiger partial charge in [-0.15, -0.1) is 0 Å². The average Bonchev–Trinajstić information content (AvgIpc) is 3.11.